The van der Waals surface area contributed by atoms with Gasteiger partial charge in [0.1, 0.15) is 5.84 Å². The first kappa shape index (κ1) is 21.5. The first-order valence-corrected chi connectivity index (χ1v) is 8.67. The minimum Gasteiger partial charge on any atom is -0.493 e. The molecule has 2 rings (SSSR count). The van der Waals surface area contributed by atoms with Gasteiger partial charge in [0.2, 0.25) is 0 Å². The fourth-order valence-electron chi connectivity index (χ4n) is 2.85. The Morgan fingerprint density at radius 2 is 1.69 bits per heavy atom. The van der Waals surface area contributed by atoms with Crippen molar-refractivity contribution in [1.29, 1.82) is 5.41 Å². The number of hydrogen-bond donors (Lipinski definition) is 5. The summed E-state index contributed by atoms with van der Waals surface area (Å²) < 4.78 is 10.5. The van der Waals surface area contributed by atoms with Gasteiger partial charge < -0.3 is 30.7 Å². The van der Waals surface area contributed by atoms with Crippen molar-refractivity contribution >= 4 is 23.5 Å². The Bertz CT molecular complexity index is 911. The summed E-state index contributed by atoms with van der Waals surface area (Å²) in [7, 11) is 2.88. The molecule has 2 aromatic rings. The average molecular weight is 401 g/mol. The van der Waals surface area contributed by atoms with Crippen molar-refractivity contribution in [2.45, 2.75) is 18.9 Å². The van der Waals surface area contributed by atoms with E-state index in [4.69, 9.17) is 25.7 Å². The third kappa shape index (κ3) is 5.38. The molecule has 29 heavy (non-hydrogen) atoms. The molecule has 0 fully saturated rings. The molecule has 0 aliphatic rings. The number of carbonyl (C=O) groups is 2. The monoisotopic (exact) mass is 401 g/mol. The standard InChI is InChI=1S/C20H23N3O6/c1-28-15-9-12(5-8-17(24)25)14(10-16(15)29-2)18(20(26)27)23-13-6-3-11(4-7-13)19(21)22/h3-4,6-7,9-10,18,23H,5,8H2,1-2H3,(H3,21,22)(H,24,25)(H,26,27). The number of aliphatic carboxylic acids is 2. The van der Waals surface area contributed by atoms with Gasteiger partial charge >= 0.3 is 11.9 Å². The Hall–Kier alpha value is -3.75. The number of rotatable bonds is 10. The quantitative estimate of drug-likeness (QED) is 0.300. The molecule has 0 spiro atoms. The number of carboxylic acid groups (broad SMARTS) is 2. The zero-order valence-electron chi connectivity index (χ0n) is 16.1. The summed E-state index contributed by atoms with van der Waals surface area (Å²) in [6.45, 7) is 0. The number of aryl methyl sites for hydroxylation is 1. The van der Waals surface area contributed by atoms with Crippen LogP contribution in [-0.4, -0.2) is 42.2 Å². The zero-order valence-corrected chi connectivity index (χ0v) is 16.1. The second-order valence-electron chi connectivity index (χ2n) is 6.21. The second kappa shape index (κ2) is 9.45. The van der Waals surface area contributed by atoms with E-state index < -0.39 is 18.0 Å². The maximum absolute atomic E-state index is 12.0. The van der Waals surface area contributed by atoms with E-state index >= 15 is 0 Å². The van der Waals surface area contributed by atoms with E-state index in [0.717, 1.165) is 0 Å². The number of carboxylic acids is 2. The van der Waals surface area contributed by atoms with Crippen molar-refractivity contribution < 1.29 is 29.3 Å². The van der Waals surface area contributed by atoms with Crippen LogP contribution in [0.1, 0.15) is 29.2 Å². The topological polar surface area (TPSA) is 155 Å². The van der Waals surface area contributed by atoms with Crippen LogP contribution in [-0.2, 0) is 16.0 Å². The van der Waals surface area contributed by atoms with E-state index in [2.05, 4.69) is 5.32 Å². The van der Waals surface area contributed by atoms with Gasteiger partial charge in [0.25, 0.3) is 0 Å². The van der Waals surface area contributed by atoms with Gasteiger partial charge in [-0.2, -0.15) is 0 Å². The van der Waals surface area contributed by atoms with Gasteiger partial charge in [-0.1, -0.05) is 0 Å². The highest BCUT2D eigenvalue weighted by Gasteiger charge is 2.25. The van der Waals surface area contributed by atoms with E-state index in [1.807, 2.05) is 0 Å². The molecule has 0 aliphatic heterocycles. The third-order valence-corrected chi connectivity index (χ3v) is 4.32. The summed E-state index contributed by atoms with van der Waals surface area (Å²) in [5.74, 6) is -1.52. The molecule has 9 heteroatoms. The molecule has 0 amide bonds. The molecule has 0 saturated carbocycles. The summed E-state index contributed by atoms with van der Waals surface area (Å²) >= 11 is 0. The number of hydrogen-bond acceptors (Lipinski definition) is 6. The number of ether oxygens (including phenoxy) is 2. The summed E-state index contributed by atoms with van der Waals surface area (Å²) in [6.07, 6.45) is -0.0398. The van der Waals surface area contributed by atoms with Crippen molar-refractivity contribution in [2.24, 2.45) is 5.73 Å². The molecule has 0 saturated heterocycles. The van der Waals surface area contributed by atoms with E-state index in [1.54, 1.807) is 30.3 Å². The average Bonchev–Trinajstić information content (AvgIpc) is 2.69. The van der Waals surface area contributed by atoms with Crippen LogP contribution in [0.4, 0.5) is 5.69 Å². The highest BCUT2D eigenvalue weighted by Crippen LogP contribution is 2.35. The molecule has 0 bridgehead atoms. The lowest BCUT2D eigenvalue weighted by atomic mass is 9.95. The van der Waals surface area contributed by atoms with Gasteiger partial charge in [-0.3, -0.25) is 10.2 Å². The Balaban J connectivity index is 2.47. The van der Waals surface area contributed by atoms with Crippen LogP contribution in [0.25, 0.3) is 0 Å². The van der Waals surface area contributed by atoms with Crippen LogP contribution in [0, 0.1) is 5.41 Å². The van der Waals surface area contributed by atoms with E-state index in [1.165, 1.54) is 20.3 Å². The van der Waals surface area contributed by atoms with Gasteiger partial charge in [0.05, 0.1) is 14.2 Å². The van der Waals surface area contributed by atoms with E-state index in [0.29, 0.717) is 33.9 Å². The lowest BCUT2D eigenvalue weighted by Gasteiger charge is -2.21. The summed E-state index contributed by atoms with van der Waals surface area (Å²) in [4.78, 5) is 23.0. The number of methoxy groups -OCH3 is 2. The maximum atomic E-state index is 12.0. The number of nitrogen functional groups attached to an aromatic ring is 1. The van der Waals surface area contributed by atoms with Crippen LogP contribution in [0.2, 0.25) is 0 Å². The van der Waals surface area contributed by atoms with E-state index in [9.17, 15) is 14.7 Å². The van der Waals surface area contributed by atoms with Crippen molar-refractivity contribution in [3.63, 3.8) is 0 Å². The van der Waals surface area contributed by atoms with Crippen LogP contribution >= 0.6 is 0 Å². The van der Waals surface area contributed by atoms with E-state index in [-0.39, 0.29) is 18.7 Å². The summed E-state index contributed by atoms with van der Waals surface area (Å²) in [6, 6.07) is 8.39. The molecule has 0 heterocycles. The largest absolute Gasteiger partial charge is 0.493 e. The molecule has 0 radical (unpaired) electrons. The summed E-state index contributed by atoms with van der Waals surface area (Å²) in [5.41, 5.74) is 7.33. The normalized spacial score (nSPS) is 11.4. The number of nitrogens with two attached hydrogens (primary N) is 1. The molecule has 1 unspecified atom stereocenters. The second-order valence-corrected chi connectivity index (χ2v) is 6.21. The highest BCUT2D eigenvalue weighted by atomic mass is 16.5. The lowest BCUT2D eigenvalue weighted by Crippen LogP contribution is -2.22. The van der Waals surface area contributed by atoms with Crippen LogP contribution in [0.3, 0.4) is 0 Å². The number of benzene rings is 2. The van der Waals surface area contributed by atoms with Crippen molar-refractivity contribution in [3.05, 3.63) is 53.1 Å². The Morgan fingerprint density at radius 3 is 2.17 bits per heavy atom. The minimum atomic E-state index is -1.17. The summed E-state index contributed by atoms with van der Waals surface area (Å²) in [5, 5.41) is 29.2. The first-order chi connectivity index (χ1) is 13.8. The van der Waals surface area contributed by atoms with Crippen LogP contribution in [0.15, 0.2) is 36.4 Å². The van der Waals surface area contributed by atoms with Gasteiger partial charge in [0, 0.05) is 17.7 Å². The first-order valence-electron chi connectivity index (χ1n) is 8.67. The Morgan fingerprint density at radius 1 is 1.10 bits per heavy atom. The fourth-order valence-corrected chi connectivity index (χ4v) is 2.85. The van der Waals surface area contributed by atoms with Crippen molar-refractivity contribution in [3.8, 4) is 11.5 Å². The molecule has 9 nitrogen and oxygen atoms in total. The van der Waals surface area contributed by atoms with Crippen molar-refractivity contribution in [1.82, 2.24) is 0 Å². The van der Waals surface area contributed by atoms with Crippen LogP contribution < -0.4 is 20.5 Å². The lowest BCUT2D eigenvalue weighted by molar-refractivity contribution is -0.138. The third-order valence-electron chi connectivity index (χ3n) is 4.32. The van der Waals surface area contributed by atoms with Gasteiger partial charge in [-0.25, -0.2) is 4.79 Å². The molecule has 6 N–H and O–H groups in total. The Kier molecular flexibility index (Phi) is 7.02. The van der Waals surface area contributed by atoms with Gasteiger partial charge in [0.15, 0.2) is 17.5 Å². The molecule has 1 atom stereocenters. The molecule has 0 aromatic heterocycles. The predicted octanol–water partition coefficient (Wildman–Crippen LogP) is 2.24. The number of nitrogens with one attached hydrogen (secondary N) is 2. The highest BCUT2D eigenvalue weighted by molar-refractivity contribution is 5.95. The number of anilines is 1. The molecular formula is C20H23N3O6. The van der Waals surface area contributed by atoms with Crippen LogP contribution in [0.5, 0.6) is 11.5 Å². The molecule has 154 valence electrons. The minimum absolute atomic E-state index is 0.0952. The smallest absolute Gasteiger partial charge is 0.330 e. The zero-order chi connectivity index (χ0) is 21.6. The number of amidine groups is 1. The maximum Gasteiger partial charge on any atom is 0.330 e. The van der Waals surface area contributed by atoms with Gasteiger partial charge in [-0.15, -0.1) is 0 Å². The Labute approximate surface area is 167 Å². The van der Waals surface area contributed by atoms with Crippen molar-refractivity contribution in [2.75, 3.05) is 19.5 Å². The molecular weight excluding hydrogens is 378 g/mol. The van der Waals surface area contributed by atoms with Gasteiger partial charge in [-0.05, 0) is 53.9 Å². The predicted molar refractivity (Wildman–Crippen MR) is 107 cm³/mol. The molecule has 2 aromatic carbocycles. The molecule has 0 aliphatic carbocycles. The SMILES string of the molecule is COc1cc(CCC(=O)O)c(C(Nc2ccc(C(=N)N)cc2)C(=O)O)cc1OC. The fraction of sp³-hybridized carbons (Fsp3) is 0.250.